The van der Waals surface area contributed by atoms with Gasteiger partial charge in [0.15, 0.2) is 0 Å². The average molecular weight is 260 g/mol. The largest absolute Gasteiger partial charge is 0.467 e. The zero-order valence-corrected chi connectivity index (χ0v) is 11.4. The molecule has 0 fully saturated rings. The fraction of sp³-hybridized carbons (Fsp3) is 0.400. The van der Waals surface area contributed by atoms with Gasteiger partial charge < -0.3 is 14.3 Å². The number of aromatic nitrogens is 1. The lowest BCUT2D eigenvalue weighted by Crippen LogP contribution is -2.19. The third kappa shape index (κ3) is 3.28. The number of hydrogen-bond donors (Lipinski definition) is 1. The summed E-state index contributed by atoms with van der Waals surface area (Å²) >= 11 is 0. The summed E-state index contributed by atoms with van der Waals surface area (Å²) in [7, 11) is 0. The summed E-state index contributed by atoms with van der Waals surface area (Å²) in [6.07, 6.45) is 5.41. The van der Waals surface area contributed by atoms with Crippen molar-refractivity contribution in [3.8, 4) is 0 Å². The van der Waals surface area contributed by atoms with Gasteiger partial charge in [-0.05, 0) is 31.0 Å². The monoisotopic (exact) mass is 260 g/mol. The first-order valence-corrected chi connectivity index (χ1v) is 6.75. The molecule has 0 bridgehead atoms. The minimum absolute atomic E-state index is 0.0402. The number of aryl methyl sites for hydroxylation is 1. The molecule has 4 heteroatoms. The van der Waals surface area contributed by atoms with E-state index in [1.54, 1.807) is 16.9 Å². The van der Waals surface area contributed by atoms with E-state index in [0.717, 1.165) is 30.8 Å². The molecule has 0 saturated heterocycles. The molecule has 0 aliphatic rings. The number of anilines is 1. The molecule has 1 atom stereocenters. The SMILES string of the molecule is CCCn1cc(NC(CC)c2ccco2)ccc1=O. The zero-order chi connectivity index (χ0) is 13.7. The second-order valence-electron chi connectivity index (χ2n) is 4.57. The van der Waals surface area contributed by atoms with E-state index < -0.39 is 0 Å². The fourth-order valence-electron chi connectivity index (χ4n) is 2.10. The van der Waals surface area contributed by atoms with Gasteiger partial charge in [0.25, 0.3) is 5.56 Å². The Balaban J connectivity index is 2.18. The lowest BCUT2D eigenvalue weighted by atomic mass is 10.1. The summed E-state index contributed by atoms with van der Waals surface area (Å²) in [5.41, 5.74) is 0.981. The molecule has 0 spiro atoms. The highest BCUT2D eigenvalue weighted by molar-refractivity contribution is 5.42. The van der Waals surface area contributed by atoms with Crippen LogP contribution in [0.4, 0.5) is 5.69 Å². The first-order valence-electron chi connectivity index (χ1n) is 6.75. The highest BCUT2D eigenvalue weighted by atomic mass is 16.3. The van der Waals surface area contributed by atoms with Gasteiger partial charge in [0.2, 0.25) is 0 Å². The third-order valence-electron chi connectivity index (χ3n) is 3.08. The van der Waals surface area contributed by atoms with Crippen LogP contribution in [0.1, 0.15) is 38.5 Å². The van der Waals surface area contributed by atoms with Crippen LogP contribution >= 0.6 is 0 Å². The molecule has 2 aromatic rings. The number of nitrogens with one attached hydrogen (secondary N) is 1. The maximum atomic E-state index is 11.7. The zero-order valence-electron chi connectivity index (χ0n) is 11.4. The summed E-state index contributed by atoms with van der Waals surface area (Å²) in [6, 6.07) is 7.40. The molecule has 2 heterocycles. The summed E-state index contributed by atoms with van der Waals surface area (Å²) in [4.78, 5) is 11.7. The summed E-state index contributed by atoms with van der Waals surface area (Å²) in [6.45, 7) is 4.90. The Morgan fingerprint density at radius 3 is 2.79 bits per heavy atom. The maximum Gasteiger partial charge on any atom is 0.250 e. The van der Waals surface area contributed by atoms with Gasteiger partial charge in [-0.25, -0.2) is 0 Å². The predicted molar refractivity (Wildman–Crippen MR) is 76.4 cm³/mol. The Labute approximate surface area is 113 Å². The van der Waals surface area contributed by atoms with Gasteiger partial charge in [0.05, 0.1) is 18.0 Å². The highest BCUT2D eigenvalue weighted by Gasteiger charge is 2.12. The van der Waals surface area contributed by atoms with Crippen LogP contribution in [0.25, 0.3) is 0 Å². The van der Waals surface area contributed by atoms with Crippen LogP contribution in [0.2, 0.25) is 0 Å². The number of furan rings is 1. The van der Waals surface area contributed by atoms with E-state index in [0.29, 0.717) is 0 Å². The predicted octanol–water partition coefficient (Wildman–Crippen LogP) is 3.41. The van der Waals surface area contributed by atoms with Crippen molar-refractivity contribution in [2.45, 2.75) is 39.3 Å². The molecule has 2 rings (SSSR count). The van der Waals surface area contributed by atoms with Gasteiger partial charge in [0, 0.05) is 18.8 Å². The van der Waals surface area contributed by atoms with Crippen LogP contribution in [-0.2, 0) is 6.54 Å². The van der Waals surface area contributed by atoms with E-state index in [1.165, 1.54) is 0 Å². The van der Waals surface area contributed by atoms with Crippen molar-refractivity contribution >= 4 is 5.69 Å². The van der Waals surface area contributed by atoms with Crippen LogP contribution in [0.5, 0.6) is 0 Å². The molecule has 1 unspecified atom stereocenters. The Hall–Kier alpha value is -1.97. The molecule has 0 amide bonds. The first kappa shape index (κ1) is 13.5. The van der Waals surface area contributed by atoms with E-state index in [9.17, 15) is 4.79 Å². The first-order chi connectivity index (χ1) is 9.24. The van der Waals surface area contributed by atoms with E-state index in [4.69, 9.17) is 4.42 Å². The Morgan fingerprint density at radius 1 is 1.32 bits per heavy atom. The van der Waals surface area contributed by atoms with E-state index in [1.807, 2.05) is 24.4 Å². The van der Waals surface area contributed by atoms with E-state index in [-0.39, 0.29) is 11.6 Å². The van der Waals surface area contributed by atoms with Gasteiger partial charge in [-0.3, -0.25) is 4.79 Å². The molecule has 19 heavy (non-hydrogen) atoms. The molecule has 4 nitrogen and oxygen atoms in total. The minimum Gasteiger partial charge on any atom is -0.467 e. The minimum atomic E-state index is 0.0402. The van der Waals surface area contributed by atoms with Crippen LogP contribution in [-0.4, -0.2) is 4.57 Å². The molecule has 1 N–H and O–H groups in total. The smallest absolute Gasteiger partial charge is 0.250 e. The van der Waals surface area contributed by atoms with Gasteiger partial charge in [-0.1, -0.05) is 13.8 Å². The molecule has 2 aromatic heterocycles. The number of pyridine rings is 1. The molecule has 0 saturated carbocycles. The molecule has 102 valence electrons. The van der Waals surface area contributed by atoms with Crippen LogP contribution < -0.4 is 10.9 Å². The normalized spacial score (nSPS) is 12.3. The number of rotatable bonds is 6. The second kappa shape index (κ2) is 6.27. The lowest BCUT2D eigenvalue weighted by molar-refractivity contribution is 0.473. The molecular weight excluding hydrogens is 240 g/mol. The topological polar surface area (TPSA) is 47.2 Å². The molecule has 0 aliphatic heterocycles. The van der Waals surface area contributed by atoms with Crippen molar-refractivity contribution in [3.63, 3.8) is 0 Å². The van der Waals surface area contributed by atoms with E-state index >= 15 is 0 Å². The summed E-state index contributed by atoms with van der Waals surface area (Å²) in [5.74, 6) is 0.913. The van der Waals surface area contributed by atoms with Crippen LogP contribution in [0.15, 0.2) is 45.9 Å². The molecule has 0 aliphatic carbocycles. The van der Waals surface area contributed by atoms with Gasteiger partial charge in [-0.2, -0.15) is 0 Å². The molecular formula is C15H20N2O2. The summed E-state index contributed by atoms with van der Waals surface area (Å²) < 4.78 is 7.16. The van der Waals surface area contributed by atoms with Gasteiger partial charge >= 0.3 is 0 Å². The Kier molecular flexibility index (Phi) is 4.44. The van der Waals surface area contributed by atoms with Crippen molar-refractivity contribution < 1.29 is 4.42 Å². The Bertz CT molecular complexity index is 558. The average Bonchev–Trinajstić information content (AvgIpc) is 2.93. The fourth-order valence-corrected chi connectivity index (χ4v) is 2.10. The quantitative estimate of drug-likeness (QED) is 0.865. The standard InChI is InChI=1S/C15H20N2O2/c1-3-9-17-11-12(7-8-15(17)18)16-13(4-2)14-6-5-10-19-14/h5-8,10-11,13,16H,3-4,9H2,1-2H3. The van der Waals surface area contributed by atoms with Gasteiger partial charge in [-0.15, -0.1) is 0 Å². The highest BCUT2D eigenvalue weighted by Crippen LogP contribution is 2.22. The van der Waals surface area contributed by atoms with Crippen LogP contribution in [0, 0.1) is 0 Å². The van der Waals surface area contributed by atoms with E-state index in [2.05, 4.69) is 19.2 Å². The van der Waals surface area contributed by atoms with Crippen molar-refractivity contribution in [3.05, 3.63) is 52.8 Å². The van der Waals surface area contributed by atoms with Crippen molar-refractivity contribution in [2.75, 3.05) is 5.32 Å². The van der Waals surface area contributed by atoms with Crippen LogP contribution in [0.3, 0.4) is 0 Å². The third-order valence-corrected chi connectivity index (χ3v) is 3.08. The number of nitrogens with zero attached hydrogens (tertiary/aromatic N) is 1. The lowest BCUT2D eigenvalue weighted by Gasteiger charge is -2.17. The van der Waals surface area contributed by atoms with Crippen molar-refractivity contribution in [1.29, 1.82) is 0 Å². The van der Waals surface area contributed by atoms with Gasteiger partial charge in [0.1, 0.15) is 5.76 Å². The van der Waals surface area contributed by atoms with Crippen molar-refractivity contribution in [1.82, 2.24) is 4.57 Å². The molecule has 0 aromatic carbocycles. The number of hydrogen-bond acceptors (Lipinski definition) is 3. The second-order valence-corrected chi connectivity index (χ2v) is 4.57. The summed E-state index contributed by atoms with van der Waals surface area (Å²) in [5, 5.41) is 3.40. The maximum absolute atomic E-state index is 11.7. The molecule has 0 radical (unpaired) electrons. The Morgan fingerprint density at radius 2 is 2.16 bits per heavy atom. The van der Waals surface area contributed by atoms with Crippen molar-refractivity contribution in [2.24, 2.45) is 0 Å².